The number of hydrogen-bond acceptors (Lipinski definition) is 6. The fourth-order valence-corrected chi connectivity index (χ4v) is 2.01. The number of halogens is 6. The van der Waals surface area contributed by atoms with Crippen LogP contribution in [0, 0.1) is 6.92 Å². The highest BCUT2D eigenvalue weighted by molar-refractivity contribution is 7.88. The average molecular weight is 388 g/mol. The van der Waals surface area contributed by atoms with Crippen molar-refractivity contribution in [2.75, 3.05) is 0 Å². The Bertz CT molecular complexity index is 793. The van der Waals surface area contributed by atoms with E-state index in [-0.39, 0.29) is 5.56 Å². The molecule has 0 saturated heterocycles. The van der Waals surface area contributed by atoms with E-state index in [1.807, 2.05) is 0 Å². The maximum atomic E-state index is 12.2. The first-order valence-corrected chi connectivity index (χ1v) is 8.00. The summed E-state index contributed by atoms with van der Waals surface area (Å²) in [5.41, 5.74) is -11.7. The van der Waals surface area contributed by atoms with Gasteiger partial charge in [-0.2, -0.15) is 43.2 Å². The van der Waals surface area contributed by atoms with Crippen LogP contribution in [-0.2, 0) is 20.2 Å². The van der Waals surface area contributed by atoms with Crippen LogP contribution in [0.15, 0.2) is 18.2 Å². The van der Waals surface area contributed by atoms with Crippen LogP contribution in [0.5, 0.6) is 11.5 Å². The molecule has 0 spiro atoms. The van der Waals surface area contributed by atoms with E-state index in [0.717, 1.165) is 6.07 Å². The zero-order valence-electron chi connectivity index (χ0n) is 10.8. The Morgan fingerprint density at radius 3 is 1.57 bits per heavy atom. The molecule has 1 aromatic carbocycles. The molecular formula is C9H6F6O6S2. The molecule has 0 aliphatic rings. The van der Waals surface area contributed by atoms with Gasteiger partial charge in [0.2, 0.25) is 0 Å². The highest BCUT2D eigenvalue weighted by Gasteiger charge is 2.51. The van der Waals surface area contributed by atoms with Gasteiger partial charge in [0.05, 0.1) is 0 Å². The van der Waals surface area contributed by atoms with Gasteiger partial charge < -0.3 is 8.37 Å². The molecule has 0 unspecified atom stereocenters. The topological polar surface area (TPSA) is 86.7 Å². The number of benzene rings is 1. The molecule has 1 aromatic rings. The number of hydrogen-bond donors (Lipinski definition) is 0. The monoisotopic (exact) mass is 388 g/mol. The normalized spacial score (nSPS) is 13.7. The fourth-order valence-electron chi connectivity index (χ4n) is 1.08. The minimum atomic E-state index is -6.24. The SMILES string of the molecule is Cc1ccc(OS(=O)(=O)C(F)(F)F)c(OS(=O)(=O)C(F)(F)F)c1. The molecule has 0 bridgehead atoms. The van der Waals surface area contributed by atoms with Crippen molar-refractivity contribution in [3.8, 4) is 11.5 Å². The number of alkyl halides is 6. The Labute approximate surface area is 125 Å². The summed E-state index contributed by atoms with van der Waals surface area (Å²) >= 11 is 0. The van der Waals surface area contributed by atoms with Crippen LogP contribution in [0.25, 0.3) is 0 Å². The molecule has 0 radical (unpaired) electrons. The maximum absolute atomic E-state index is 12.2. The van der Waals surface area contributed by atoms with Crippen LogP contribution in [0.2, 0.25) is 0 Å². The second kappa shape index (κ2) is 5.74. The van der Waals surface area contributed by atoms with Crippen molar-refractivity contribution in [1.29, 1.82) is 0 Å². The van der Waals surface area contributed by atoms with Crippen LogP contribution < -0.4 is 8.37 Å². The molecule has 0 heterocycles. The lowest BCUT2D eigenvalue weighted by Crippen LogP contribution is -2.30. The first-order chi connectivity index (χ1) is 10.1. The summed E-state index contributed by atoms with van der Waals surface area (Å²) in [5.74, 6) is -2.74. The molecule has 6 nitrogen and oxygen atoms in total. The van der Waals surface area contributed by atoms with E-state index in [0.29, 0.717) is 12.1 Å². The van der Waals surface area contributed by atoms with Gasteiger partial charge in [-0.25, -0.2) is 0 Å². The third-order valence-electron chi connectivity index (χ3n) is 2.07. The molecular weight excluding hydrogens is 382 g/mol. The summed E-state index contributed by atoms with van der Waals surface area (Å²) < 4.78 is 124. The molecule has 132 valence electrons. The zero-order valence-corrected chi connectivity index (χ0v) is 12.4. The van der Waals surface area contributed by atoms with Gasteiger partial charge in [-0.05, 0) is 24.6 Å². The van der Waals surface area contributed by atoms with Gasteiger partial charge in [-0.1, -0.05) is 6.07 Å². The summed E-state index contributed by atoms with van der Waals surface area (Å²) in [6.07, 6.45) is 0. The molecule has 0 aliphatic carbocycles. The van der Waals surface area contributed by atoms with Gasteiger partial charge in [-0.15, -0.1) is 0 Å². The Kier molecular flexibility index (Phi) is 4.83. The molecule has 14 heteroatoms. The second-order valence-electron chi connectivity index (χ2n) is 3.92. The van der Waals surface area contributed by atoms with E-state index in [4.69, 9.17) is 0 Å². The van der Waals surface area contributed by atoms with E-state index in [9.17, 15) is 43.2 Å². The molecule has 0 atom stereocenters. The van der Waals surface area contributed by atoms with Crippen LogP contribution in [-0.4, -0.2) is 27.9 Å². The van der Waals surface area contributed by atoms with Gasteiger partial charge in [0, 0.05) is 0 Å². The molecule has 1 rings (SSSR count). The van der Waals surface area contributed by atoms with Crippen LogP contribution >= 0.6 is 0 Å². The summed E-state index contributed by atoms with van der Waals surface area (Å²) in [6, 6.07) is 2.04. The van der Waals surface area contributed by atoms with Crippen molar-refractivity contribution < 1.29 is 51.5 Å². The summed E-state index contributed by atoms with van der Waals surface area (Å²) in [7, 11) is -12.5. The van der Waals surface area contributed by atoms with Gasteiger partial charge in [0.25, 0.3) is 0 Å². The van der Waals surface area contributed by atoms with Crippen molar-refractivity contribution in [3.05, 3.63) is 23.8 Å². The first kappa shape index (κ1) is 19.3. The number of rotatable bonds is 4. The quantitative estimate of drug-likeness (QED) is 0.447. The minimum absolute atomic E-state index is 0.0640. The largest absolute Gasteiger partial charge is 0.534 e. The van der Waals surface area contributed by atoms with E-state index in [2.05, 4.69) is 8.37 Å². The molecule has 0 fully saturated rings. The molecule has 23 heavy (non-hydrogen) atoms. The van der Waals surface area contributed by atoms with Crippen LogP contribution in [0.3, 0.4) is 0 Å². The Balaban J connectivity index is 3.34. The molecule has 0 aliphatic heterocycles. The van der Waals surface area contributed by atoms with Crippen molar-refractivity contribution >= 4 is 20.2 Å². The smallest absolute Gasteiger partial charge is 0.372 e. The zero-order chi connectivity index (χ0) is 18.3. The van der Waals surface area contributed by atoms with Crippen LogP contribution in [0.1, 0.15) is 5.56 Å². The second-order valence-corrected chi connectivity index (χ2v) is 6.99. The lowest BCUT2D eigenvalue weighted by molar-refractivity contribution is -0.0513. The summed E-state index contributed by atoms with van der Waals surface area (Å²) in [5, 5.41) is 0. The van der Waals surface area contributed by atoms with Crippen LogP contribution in [0.4, 0.5) is 26.3 Å². The first-order valence-electron chi connectivity index (χ1n) is 5.19. The lowest BCUT2D eigenvalue weighted by Gasteiger charge is -2.14. The molecule has 0 N–H and O–H groups in total. The summed E-state index contributed by atoms with van der Waals surface area (Å²) in [6.45, 7) is 1.23. The summed E-state index contributed by atoms with van der Waals surface area (Å²) in [4.78, 5) is 0. The van der Waals surface area contributed by atoms with E-state index >= 15 is 0 Å². The molecule has 0 amide bonds. The third kappa shape index (κ3) is 4.40. The highest BCUT2D eigenvalue weighted by Crippen LogP contribution is 2.36. The van der Waals surface area contributed by atoms with Crippen molar-refractivity contribution in [3.63, 3.8) is 0 Å². The van der Waals surface area contributed by atoms with Gasteiger partial charge >= 0.3 is 31.3 Å². The van der Waals surface area contributed by atoms with Gasteiger partial charge in [-0.3, -0.25) is 0 Å². The third-order valence-corrected chi connectivity index (χ3v) is 4.00. The van der Waals surface area contributed by atoms with Crippen molar-refractivity contribution in [2.45, 2.75) is 17.9 Å². The molecule has 0 saturated carbocycles. The standard InChI is InChI=1S/C9H6F6O6S2/c1-5-2-3-6(20-22(16,17)8(10,11)12)7(4-5)21-23(18,19)9(13,14)15/h2-4H,1H3. The van der Waals surface area contributed by atoms with Gasteiger partial charge in [0.1, 0.15) is 0 Å². The molecule has 0 aromatic heterocycles. The minimum Gasteiger partial charge on any atom is -0.372 e. The predicted molar refractivity (Wildman–Crippen MR) is 62.4 cm³/mol. The van der Waals surface area contributed by atoms with E-state index in [1.165, 1.54) is 6.92 Å². The predicted octanol–water partition coefficient (Wildman–Crippen LogP) is 2.45. The highest BCUT2D eigenvalue weighted by atomic mass is 32.2. The Morgan fingerprint density at radius 2 is 1.17 bits per heavy atom. The lowest BCUT2D eigenvalue weighted by atomic mass is 10.2. The fraction of sp³-hybridized carbons (Fsp3) is 0.333. The van der Waals surface area contributed by atoms with E-state index in [1.54, 1.807) is 0 Å². The number of aryl methyl sites for hydroxylation is 1. The van der Waals surface area contributed by atoms with E-state index < -0.39 is 42.8 Å². The maximum Gasteiger partial charge on any atom is 0.534 e. The Hall–Kier alpha value is -1.70. The van der Waals surface area contributed by atoms with Crippen molar-refractivity contribution in [2.24, 2.45) is 0 Å². The Morgan fingerprint density at radius 1 is 0.783 bits per heavy atom. The average Bonchev–Trinajstić information content (AvgIpc) is 2.29. The van der Waals surface area contributed by atoms with Crippen molar-refractivity contribution in [1.82, 2.24) is 0 Å². The van der Waals surface area contributed by atoms with Gasteiger partial charge in [0.15, 0.2) is 11.5 Å².